The molecule has 0 aliphatic heterocycles. The minimum absolute atomic E-state index is 0.119. The number of nitrogens with zero attached hydrogens (tertiary/aromatic N) is 1. The zero-order valence-corrected chi connectivity index (χ0v) is 9.23. The molecule has 0 saturated heterocycles. The Labute approximate surface area is 94.3 Å². The van der Waals surface area contributed by atoms with Crippen LogP contribution in [0, 0.1) is 5.41 Å². The molecule has 1 aliphatic rings. The van der Waals surface area contributed by atoms with Gasteiger partial charge in [0.2, 0.25) is 0 Å². The Balaban J connectivity index is 2.20. The van der Waals surface area contributed by atoms with Gasteiger partial charge in [0.15, 0.2) is 5.78 Å². The van der Waals surface area contributed by atoms with Crippen molar-refractivity contribution in [2.45, 2.75) is 19.8 Å². The molecule has 0 N–H and O–H groups in total. The Morgan fingerprint density at radius 3 is 2.75 bits per heavy atom. The van der Waals surface area contributed by atoms with Crippen LogP contribution >= 0.6 is 0 Å². The molecular formula is C14H13NO. The van der Waals surface area contributed by atoms with E-state index >= 15 is 0 Å². The van der Waals surface area contributed by atoms with Crippen molar-refractivity contribution >= 4 is 16.7 Å². The quantitative estimate of drug-likeness (QED) is 0.714. The molecule has 0 radical (unpaired) electrons. The summed E-state index contributed by atoms with van der Waals surface area (Å²) in [4.78, 5) is 16.6. The van der Waals surface area contributed by atoms with Crippen LogP contribution in [0.15, 0.2) is 36.5 Å². The summed E-state index contributed by atoms with van der Waals surface area (Å²) in [5, 5.41) is 1.04. The van der Waals surface area contributed by atoms with E-state index in [1.165, 1.54) is 0 Å². The summed E-state index contributed by atoms with van der Waals surface area (Å²) in [7, 11) is 0. The average Bonchev–Trinajstić information content (AvgIpc) is 3.07. The van der Waals surface area contributed by atoms with Crippen LogP contribution in [0.5, 0.6) is 0 Å². The van der Waals surface area contributed by atoms with Gasteiger partial charge in [0.25, 0.3) is 0 Å². The van der Waals surface area contributed by atoms with E-state index in [0.29, 0.717) is 0 Å². The van der Waals surface area contributed by atoms with Crippen LogP contribution in [-0.4, -0.2) is 10.8 Å². The van der Waals surface area contributed by atoms with Gasteiger partial charge in [-0.05, 0) is 25.0 Å². The summed E-state index contributed by atoms with van der Waals surface area (Å²) in [6.45, 7) is 2.04. The number of ketones is 1. The van der Waals surface area contributed by atoms with Crippen LogP contribution in [0.4, 0.5) is 0 Å². The summed E-state index contributed by atoms with van der Waals surface area (Å²) in [6.07, 6.45) is 3.76. The standard InChI is InChI=1S/C14H13NO/c1-14(7-8-14)13(16)11-6-2-4-10-5-3-9-15-12(10)11/h2-6,9H,7-8H2,1H3. The summed E-state index contributed by atoms with van der Waals surface area (Å²) < 4.78 is 0. The lowest BCUT2D eigenvalue weighted by atomic mass is 9.95. The lowest BCUT2D eigenvalue weighted by Crippen LogP contribution is -2.12. The highest BCUT2D eigenvalue weighted by Crippen LogP contribution is 2.48. The van der Waals surface area contributed by atoms with Crippen molar-refractivity contribution in [2.24, 2.45) is 5.41 Å². The Kier molecular flexibility index (Phi) is 1.87. The van der Waals surface area contributed by atoms with Gasteiger partial charge in [0.1, 0.15) is 0 Å². The zero-order chi connectivity index (χ0) is 11.2. The molecule has 2 heteroatoms. The van der Waals surface area contributed by atoms with E-state index in [2.05, 4.69) is 4.98 Å². The second kappa shape index (κ2) is 3.14. The third-order valence-corrected chi connectivity index (χ3v) is 3.43. The highest BCUT2D eigenvalue weighted by molar-refractivity contribution is 6.10. The Bertz CT molecular complexity index is 564. The van der Waals surface area contributed by atoms with Crippen molar-refractivity contribution in [1.82, 2.24) is 4.98 Å². The number of fused-ring (bicyclic) bond motifs is 1. The van der Waals surface area contributed by atoms with Crippen LogP contribution in [0.2, 0.25) is 0 Å². The molecular weight excluding hydrogens is 198 g/mol. The summed E-state index contributed by atoms with van der Waals surface area (Å²) in [6, 6.07) is 9.71. The van der Waals surface area contributed by atoms with E-state index in [9.17, 15) is 4.79 Å². The SMILES string of the molecule is CC1(C(=O)c2cccc3cccnc23)CC1. The van der Waals surface area contributed by atoms with Crippen LogP contribution in [-0.2, 0) is 0 Å². The average molecular weight is 211 g/mol. The Hall–Kier alpha value is -1.70. The van der Waals surface area contributed by atoms with Gasteiger partial charge in [0.05, 0.1) is 5.52 Å². The molecule has 1 saturated carbocycles. The van der Waals surface area contributed by atoms with Gasteiger partial charge < -0.3 is 0 Å². The van der Waals surface area contributed by atoms with Gasteiger partial charge in [-0.15, -0.1) is 0 Å². The number of para-hydroxylation sites is 1. The molecule has 0 spiro atoms. The van der Waals surface area contributed by atoms with Gasteiger partial charge in [-0.2, -0.15) is 0 Å². The molecule has 1 aromatic heterocycles. The molecule has 0 atom stereocenters. The third-order valence-electron chi connectivity index (χ3n) is 3.43. The van der Waals surface area contributed by atoms with E-state index in [1.54, 1.807) is 6.20 Å². The number of carbonyl (C=O) groups is 1. The lowest BCUT2D eigenvalue weighted by molar-refractivity contribution is 0.0914. The number of benzene rings is 1. The number of pyridine rings is 1. The highest BCUT2D eigenvalue weighted by Gasteiger charge is 2.45. The molecule has 2 nitrogen and oxygen atoms in total. The number of carbonyl (C=O) groups excluding carboxylic acids is 1. The van der Waals surface area contributed by atoms with E-state index in [1.807, 2.05) is 37.3 Å². The predicted octanol–water partition coefficient (Wildman–Crippen LogP) is 3.22. The van der Waals surface area contributed by atoms with Crippen LogP contribution in [0.3, 0.4) is 0 Å². The molecule has 1 fully saturated rings. The van der Waals surface area contributed by atoms with Crippen molar-refractivity contribution in [1.29, 1.82) is 0 Å². The zero-order valence-electron chi connectivity index (χ0n) is 9.23. The maximum absolute atomic E-state index is 12.3. The normalized spacial score (nSPS) is 17.3. The first-order valence-corrected chi connectivity index (χ1v) is 5.59. The predicted molar refractivity (Wildman–Crippen MR) is 63.4 cm³/mol. The van der Waals surface area contributed by atoms with E-state index in [0.717, 1.165) is 29.3 Å². The first-order valence-electron chi connectivity index (χ1n) is 5.59. The molecule has 1 aromatic carbocycles. The maximum Gasteiger partial charge on any atom is 0.170 e. The fraction of sp³-hybridized carbons (Fsp3) is 0.286. The topological polar surface area (TPSA) is 30.0 Å². The molecule has 0 bridgehead atoms. The third kappa shape index (κ3) is 1.33. The molecule has 0 amide bonds. The van der Waals surface area contributed by atoms with E-state index in [-0.39, 0.29) is 11.2 Å². The number of rotatable bonds is 2. The highest BCUT2D eigenvalue weighted by atomic mass is 16.1. The van der Waals surface area contributed by atoms with Crippen LogP contribution < -0.4 is 0 Å². The molecule has 0 unspecified atom stereocenters. The number of hydrogen-bond donors (Lipinski definition) is 0. The summed E-state index contributed by atoms with van der Waals surface area (Å²) in [5.74, 6) is 0.247. The monoisotopic (exact) mass is 211 g/mol. The Morgan fingerprint density at radius 2 is 2.00 bits per heavy atom. The lowest BCUT2D eigenvalue weighted by Gasteiger charge is -2.09. The molecule has 2 aromatic rings. The van der Waals surface area contributed by atoms with Crippen molar-refractivity contribution in [3.05, 3.63) is 42.1 Å². The molecule has 80 valence electrons. The number of aromatic nitrogens is 1. The molecule has 16 heavy (non-hydrogen) atoms. The second-order valence-electron chi connectivity index (χ2n) is 4.77. The van der Waals surface area contributed by atoms with E-state index < -0.39 is 0 Å². The van der Waals surface area contributed by atoms with Gasteiger partial charge >= 0.3 is 0 Å². The van der Waals surface area contributed by atoms with Crippen molar-refractivity contribution in [3.63, 3.8) is 0 Å². The van der Waals surface area contributed by atoms with Gasteiger partial charge in [-0.3, -0.25) is 9.78 Å². The van der Waals surface area contributed by atoms with Crippen LogP contribution in [0.25, 0.3) is 10.9 Å². The minimum atomic E-state index is -0.119. The van der Waals surface area contributed by atoms with Crippen molar-refractivity contribution in [3.8, 4) is 0 Å². The van der Waals surface area contributed by atoms with Crippen LogP contribution in [0.1, 0.15) is 30.1 Å². The van der Waals surface area contributed by atoms with E-state index in [4.69, 9.17) is 0 Å². The molecule has 1 aliphatic carbocycles. The minimum Gasteiger partial charge on any atom is -0.293 e. The largest absolute Gasteiger partial charge is 0.293 e. The smallest absolute Gasteiger partial charge is 0.170 e. The molecule has 1 heterocycles. The van der Waals surface area contributed by atoms with Crippen molar-refractivity contribution < 1.29 is 4.79 Å². The first kappa shape index (κ1) is 9.52. The second-order valence-corrected chi connectivity index (χ2v) is 4.77. The number of hydrogen-bond acceptors (Lipinski definition) is 2. The first-order chi connectivity index (χ1) is 7.71. The van der Waals surface area contributed by atoms with Gasteiger partial charge in [-0.25, -0.2) is 0 Å². The molecule has 3 rings (SSSR count). The maximum atomic E-state index is 12.3. The van der Waals surface area contributed by atoms with Gasteiger partial charge in [0, 0.05) is 22.6 Å². The van der Waals surface area contributed by atoms with Crippen molar-refractivity contribution in [2.75, 3.05) is 0 Å². The number of Topliss-reactive ketones (excluding diaryl/α,β-unsaturated/α-hetero) is 1. The summed E-state index contributed by atoms with van der Waals surface area (Å²) >= 11 is 0. The summed E-state index contributed by atoms with van der Waals surface area (Å²) in [5.41, 5.74) is 1.49. The Morgan fingerprint density at radius 1 is 1.25 bits per heavy atom. The fourth-order valence-electron chi connectivity index (χ4n) is 2.03. The fourth-order valence-corrected chi connectivity index (χ4v) is 2.03. The van der Waals surface area contributed by atoms with Gasteiger partial charge in [-0.1, -0.05) is 25.1 Å².